The number of halogens is 2. The minimum atomic E-state index is -0.521. The minimum Gasteiger partial charge on any atom is -0.271 e. The van der Waals surface area contributed by atoms with Crippen LogP contribution in [-0.2, 0) is 18.6 Å². The van der Waals surface area contributed by atoms with Crippen LogP contribution in [0.5, 0.6) is 0 Å². The van der Waals surface area contributed by atoms with E-state index in [1.54, 1.807) is 11.3 Å². The number of thiophene rings is 1. The van der Waals surface area contributed by atoms with Gasteiger partial charge < -0.3 is 0 Å². The predicted octanol–water partition coefficient (Wildman–Crippen LogP) is 3.56. The van der Waals surface area contributed by atoms with Crippen molar-refractivity contribution in [2.45, 2.75) is 24.6 Å². The Morgan fingerprint density at radius 3 is 2.71 bits per heavy atom. The monoisotopic (exact) mass is 326 g/mol. The van der Waals surface area contributed by atoms with Crippen molar-refractivity contribution in [1.82, 2.24) is 5.43 Å². The van der Waals surface area contributed by atoms with Crippen LogP contribution in [0.2, 0.25) is 0 Å². The topological polar surface area (TPSA) is 38.0 Å². The van der Waals surface area contributed by atoms with Gasteiger partial charge in [-0.3, -0.25) is 11.3 Å². The summed E-state index contributed by atoms with van der Waals surface area (Å²) >= 11 is 3.61. The molecule has 0 saturated heterocycles. The first-order valence-electron chi connectivity index (χ1n) is 6.77. The van der Waals surface area contributed by atoms with Crippen LogP contribution in [-0.4, -0.2) is 5.75 Å². The summed E-state index contributed by atoms with van der Waals surface area (Å²) < 4.78 is 27.6. The molecule has 1 aliphatic rings. The Labute approximate surface area is 130 Å². The van der Waals surface area contributed by atoms with Gasteiger partial charge in [0.05, 0.1) is 6.04 Å². The minimum absolute atomic E-state index is 0.0844. The quantitative estimate of drug-likeness (QED) is 0.666. The van der Waals surface area contributed by atoms with Gasteiger partial charge in [0.2, 0.25) is 0 Å². The van der Waals surface area contributed by atoms with Crippen molar-refractivity contribution >= 4 is 23.1 Å². The van der Waals surface area contributed by atoms with Crippen LogP contribution < -0.4 is 11.3 Å². The highest BCUT2D eigenvalue weighted by molar-refractivity contribution is 7.98. The predicted molar refractivity (Wildman–Crippen MR) is 84.3 cm³/mol. The van der Waals surface area contributed by atoms with E-state index in [9.17, 15) is 8.78 Å². The molecule has 1 unspecified atom stereocenters. The molecule has 3 N–H and O–H groups in total. The van der Waals surface area contributed by atoms with Gasteiger partial charge in [-0.15, -0.1) is 11.3 Å². The van der Waals surface area contributed by atoms with Crippen molar-refractivity contribution < 1.29 is 8.78 Å². The zero-order chi connectivity index (χ0) is 14.8. The standard InChI is InChI=1S/C15H16F2N2S2/c16-11-2-1-3-12(17)10(11)7-13(19-18)15-6-9-8-20-5-4-14(9)21-15/h1-3,6,13,19H,4-5,7-8,18H2. The van der Waals surface area contributed by atoms with Crippen LogP contribution in [0.25, 0.3) is 0 Å². The molecule has 112 valence electrons. The third kappa shape index (κ3) is 3.13. The second-order valence-corrected chi connectivity index (χ2v) is 7.30. The first-order chi connectivity index (χ1) is 10.2. The Morgan fingerprint density at radius 1 is 1.29 bits per heavy atom. The summed E-state index contributed by atoms with van der Waals surface area (Å²) in [7, 11) is 0. The molecule has 1 atom stereocenters. The zero-order valence-corrected chi connectivity index (χ0v) is 13.0. The first-order valence-corrected chi connectivity index (χ1v) is 8.74. The van der Waals surface area contributed by atoms with Gasteiger partial charge in [-0.2, -0.15) is 11.8 Å². The second-order valence-electron chi connectivity index (χ2n) is 5.02. The van der Waals surface area contributed by atoms with E-state index in [4.69, 9.17) is 5.84 Å². The smallest absolute Gasteiger partial charge is 0.129 e. The maximum Gasteiger partial charge on any atom is 0.129 e. The summed E-state index contributed by atoms with van der Waals surface area (Å²) in [6, 6.07) is 5.79. The lowest BCUT2D eigenvalue weighted by molar-refractivity contribution is 0.504. The fourth-order valence-electron chi connectivity index (χ4n) is 2.52. The molecule has 1 aliphatic heterocycles. The third-order valence-corrected chi connectivity index (χ3v) is 6.02. The molecular weight excluding hydrogens is 310 g/mol. The van der Waals surface area contributed by atoms with E-state index in [1.807, 2.05) is 11.8 Å². The number of thioether (sulfide) groups is 1. The zero-order valence-electron chi connectivity index (χ0n) is 11.4. The summed E-state index contributed by atoms with van der Waals surface area (Å²) in [4.78, 5) is 2.42. The van der Waals surface area contributed by atoms with Gasteiger partial charge in [-0.1, -0.05) is 6.07 Å². The summed E-state index contributed by atoms with van der Waals surface area (Å²) in [6.45, 7) is 0. The van der Waals surface area contributed by atoms with E-state index in [1.165, 1.54) is 28.6 Å². The number of aryl methyl sites for hydroxylation is 1. The second kappa shape index (κ2) is 6.44. The normalized spacial score (nSPS) is 15.8. The Hall–Kier alpha value is -0.950. The summed E-state index contributed by atoms with van der Waals surface area (Å²) in [5.74, 6) is 6.72. The summed E-state index contributed by atoms with van der Waals surface area (Å²) in [6.07, 6.45) is 1.28. The molecule has 0 bridgehead atoms. The maximum absolute atomic E-state index is 13.8. The maximum atomic E-state index is 13.8. The molecule has 0 amide bonds. The average molecular weight is 326 g/mol. The molecule has 2 aromatic rings. The Balaban J connectivity index is 1.87. The van der Waals surface area contributed by atoms with Gasteiger partial charge in [-0.05, 0) is 42.4 Å². The number of benzene rings is 1. The van der Waals surface area contributed by atoms with E-state index in [0.29, 0.717) is 0 Å². The molecule has 2 heterocycles. The molecule has 0 radical (unpaired) electrons. The van der Waals surface area contributed by atoms with Crippen molar-refractivity contribution in [2.24, 2.45) is 5.84 Å². The molecule has 1 aromatic heterocycles. The number of nitrogens with one attached hydrogen (secondary N) is 1. The van der Waals surface area contributed by atoms with E-state index < -0.39 is 11.6 Å². The molecule has 0 spiro atoms. The van der Waals surface area contributed by atoms with Crippen molar-refractivity contribution in [3.05, 3.63) is 56.8 Å². The van der Waals surface area contributed by atoms with Gasteiger partial charge in [0.1, 0.15) is 11.6 Å². The van der Waals surface area contributed by atoms with E-state index >= 15 is 0 Å². The number of hydrogen-bond acceptors (Lipinski definition) is 4. The van der Waals surface area contributed by atoms with Crippen molar-refractivity contribution in [3.8, 4) is 0 Å². The molecule has 0 saturated carbocycles. The van der Waals surface area contributed by atoms with E-state index in [-0.39, 0.29) is 18.0 Å². The van der Waals surface area contributed by atoms with Crippen LogP contribution in [0, 0.1) is 11.6 Å². The van der Waals surface area contributed by atoms with E-state index in [0.717, 1.165) is 22.8 Å². The number of hydrogen-bond donors (Lipinski definition) is 2. The highest BCUT2D eigenvalue weighted by Gasteiger charge is 2.21. The molecule has 3 rings (SSSR count). The number of fused-ring (bicyclic) bond motifs is 1. The molecule has 0 aliphatic carbocycles. The van der Waals surface area contributed by atoms with Gasteiger partial charge in [0.15, 0.2) is 0 Å². The SMILES string of the molecule is NNC(Cc1c(F)cccc1F)c1cc2c(s1)CCSC2. The van der Waals surface area contributed by atoms with Crippen molar-refractivity contribution in [1.29, 1.82) is 0 Å². The Kier molecular flexibility index (Phi) is 4.59. The molecule has 1 aromatic carbocycles. The van der Waals surface area contributed by atoms with Gasteiger partial charge >= 0.3 is 0 Å². The van der Waals surface area contributed by atoms with Gasteiger partial charge in [0.25, 0.3) is 0 Å². The largest absolute Gasteiger partial charge is 0.271 e. The Bertz CT molecular complexity index is 599. The molecule has 2 nitrogen and oxygen atoms in total. The number of rotatable bonds is 4. The van der Waals surface area contributed by atoms with Crippen molar-refractivity contribution in [3.63, 3.8) is 0 Å². The van der Waals surface area contributed by atoms with Crippen LogP contribution in [0.3, 0.4) is 0 Å². The van der Waals surface area contributed by atoms with Crippen LogP contribution in [0.15, 0.2) is 24.3 Å². The molecule has 6 heteroatoms. The number of nitrogens with two attached hydrogens (primary N) is 1. The lowest BCUT2D eigenvalue weighted by Crippen LogP contribution is -2.29. The van der Waals surface area contributed by atoms with Gasteiger partial charge in [-0.25, -0.2) is 8.78 Å². The molecule has 21 heavy (non-hydrogen) atoms. The number of hydrazine groups is 1. The fourth-order valence-corrected chi connectivity index (χ4v) is 4.95. The van der Waals surface area contributed by atoms with Crippen LogP contribution >= 0.6 is 23.1 Å². The third-order valence-electron chi connectivity index (χ3n) is 3.66. The van der Waals surface area contributed by atoms with E-state index in [2.05, 4.69) is 11.5 Å². The lowest BCUT2D eigenvalue weighted by atomic mass is 10.0. The summed E-state index contributed by atoms with van der Waals surface area (Å²) in [5, 5.41) is 0. The highest BCUT2D eigenvalue weighted by Crippen LogP contribution is 2.35. The Morgan fingerprint density at radius 2 is 2.05 bits per heavy atom. The summed E-state index contributed by atoms with van der Waals surface area (Å²) in [5.41, 5.74) is 4.12. The van der Waals surface area contributed by atoms with Gasteiger partial charge in [0, 0.05) is 21.1 Å². The molecular formula is C15H16F2N2S2. The van der Waals surface area contributed by atoms with Crippen molar-refractivity contribution in [2.75, 3.05) is 5.75 Å². The van der Waals surface area contributed by atoms with Crippen LogP contribution in [0.1, 0.15) is 26.9 Å². The lowest BCUT2D eigenvalue weighted by Gasteiger charge is -2.15. The van der Waals surface area contributed by atoms with Crippen LogP contribution in [0.4, 0.5) is 8.78 Å². The first kappa shape index (κ1) is 15.0. The highest BCUT2D eigenvalue weighted by atomic mass is 32.2. The molecule has 0 fully saturated rings. The fraction of sp³-hybridized carbons (Fsp3) is 0.333. The average Bonchev–Trinajstić information content (AvgIpc) is 2.90.